The van der Waals surface area contributed by atoms with Crippen LogP contribution < -0.4 is 10.1 Å². The number of aryl methyl sites for hydroxylation is 1. The topological polar surface area (TPSA) is 41.6 Å². The Morgan fingerprint density at radius 1 is 1.13 bits per heavy atom. The second-order valence-electron chi connectivity index (χ2n) is 5.50. The Bertz CT molecular complexity index is 614. The van der Waals surface area contributed by atoms with E-state index in [4.69, 9.17) is 4.74 Å². The van der Waals surface area contributed by atoms with Gasteiger partial charge in [0.2, 0.25) is 5.91 Å². The highest BCUT2D eigenvalue weighted by Gasteiger charge is 2.07. The van der Waals surface area contributed by atoms with E-state index in [0.29, 0.717) is 19.7 Å². The molecule has 0 saturated heterocycles. The molecule has 4 heteroatoms. The smallest absolute Gasteiger partial charge is 0.238 e. The van der Waals surface area contributed by atoms with Gasteiger partial charge in [-0.15, -0.1) is 0 Å². The van der Waals surface area contributed by atoms with E-state index in [-0.39, 0.29) is 5.91 Å². The predicted octanol–water partition coefficient (Wildman–Crippen LogP) is 3.20. The fourth-order valence-electron chi connectivity index (χ4n) is 2.23. The average molecular weight is 312 g/mol. The van der Waals surface area contributed by atoms with Crippen molar-refractivity contribution in [2.45, 2.75) is 13.3 Å². The summed E-state index contributed by atoms with van der Waals surface area (Å²) in [5.74, 6) is 0.835. The number of anilines is 1. The molecule has 0 unspecified atom stereocenters. The van der Waals surface area contributed by atoms with E-state index in [1.54, 1.807) is 0 Å². The maximum absolute atomic E-state index is 12.1. The Kier molecular flexibility index (Phi) is 6.63. The summed E-state index contributed by atoms with van der Waals surface area (Å²) in [4.78, 5) is 14.0. The Hall–Kier alpha value is -2.33. The van der Waals surface area contributed by atoms with Crippen LogP contribution in [-0.4, -0.2) is 37.6 Å². The lowest BCUT2D eigenvalue weighted by molar-refractivity contribution is -0.117. The zero-order chi connectivity index (χ0) is 16.5. The first-order valence-electron chi connectivity index (χ1n) is 7.92. The van der Waals surface area contributed by atoms with E-state index in [2.05, 4.69) is 18.3 Å². The molecule has 0 spiro atoms. The van der Waals surface area contributed by atoms with Crippen molar-refractivity contribution in [3.8, 4) is 5.75 Å². The van der Waals surface area contributed by atoms with Crippen molar-refractivity contribution in [2.24, 2.45) is 0 Å². The zero-order valence-electron chi connectivity index (χ0n) is 13.8. The molecule has 2 rings (SSSR count). The number of likely N-dealkylation sites (N-methyl/N-ethyl adjacent to an activating group) is 1. The van der Waals surface area contributed by atoms with E-state index >= 15 is 0 Å². The summed E-state index contributed by atoms with van der Waals surface area (Å²) in [7, 11) is 1.91. The van der Waals surface area contributed by atoms with Crippen LogP contribution in [0.5, 0.6) is 5.75 Å². The molecular formula is C19H24N2O2. The zero-order valence-corrected chi connectivity index (χ0v) is 13.8. The average Bonchev–Trinajstić information content (AvgIpc) is 2.56. The van der Waals surface area contributed by atoms with Crippen molar-refractivity contribution in [2.75, 3.05) is 32.1 Å². The number of ether oxygens (including phenoxy) is 1. The van der Waals surface area contributed by atoms with Gasteiger partial charge in [-0.3, -0.25) is 9.69 Å². The lowest BCUT2D eigenvalue weighted by Gasteiger charge is -2.16. The summed E-state index contributed by atoms with van der Waals surface area (Å²) >= 11 is 0. The van der Waals surface area contributed by atoms with Crippen molar-refractivity contribution in [3.63, 3.8) is 0 Å². The Labute approximate surface area is 138 Å². The lowest BCUT2D eigenvalue weighted by atomic mass is 10.1. The fourth-order valence-corrected chi connectivity index (χ4v) is 2.23. The Morgan fingerprint density at radius 3 is 2.65 bits per heavy atom. The van der Waals surface area contributed by atoms with Crippen LogP contribution in [0, 0.1) is 0 Å². The number of carbonyl (C=O) groups is 1. The van der Waals surface area contributed by atoms with Crippen LogP contribution in [0.2, 0.25) is 0 Å². The minimum Gasteiger partial charge on any atom is -0.492 e. The summed E-state index contributed by atoms with van der Waals surface area (Å²) in [6, 6.07) is 17.6. The first-order chi connectivity index (χ1) is 11.2. The maximum atomic E-state index is 12.1. The summed E-state index contributed by atoms with van der Waals surface area (Å²) in [6.45, 7) is 3.69. The molecule has 1 N–H and O–H groups in total. The van der Waals surface area contributed by atoms with Gasteiger partial charge in [0.1, 0.15) is 12.4 Å². The second kappa shape index (κ2) is 8.96. The van der Waals surface area contributed by atoms with Gasteiger partial charge in [0.15, 0.2) is 0 Å². The van der Waals surface area contributed by atoms with Crippen molar-refractivity contribution in [1.82, 2.24) is 4.90 Å². The Balaban J connectivity index is 1.71. The number of hydrogen-bond acceptors (Lipinski definition) is 3. The van der Waals surface area contributed by atoms with Gasteiger partial charge in [-0.25, -0.2) is 0 Å². The van der Waals surface area contributed by atoms with E-state index < -0.39 is 0 Å². The summed E-state index contributed by atoms with van der Waals surface area (Å²) in [6.07, 6.45) is 0.959. The number of benzene rings is 2. The van der Waals surface area contributed by atoms with Crippen LogP contribution in [0.1, 0.15) is 12.5 Å². The molecule has 0 bridgehead atoms. The number of hydrogen-bond donors (Lipinski definition) is 1. The Morgan fingerprint density at radius 2 is 1.91 bits per heavy atom. The third-order valence-corrected chi connectivity index (χ3v) is 3.52. The van der Waals surface area contributed by atoms with Gasteiger partial charge in [0.05, 0.1) is 6.54 Å². The molecule has 0 atom stereocenters. The highest BCUT2D eigenvalue weighted by molar-refractivity contribution is 5.92. The number of nitrogens with zero attached hydrogens (tertiary/aromatic N) is 1. The quantitative estimate of drug-likeness (QED) is 0.814. The lowest BCUT2D eigenvalue weighted by Crippen LogP contribution is -2.33. The molecule has 1 amide bonds. The van der Waals surface area contributed by atoms with Gasteiger partial charge < -0.3 is 10.1 Å². The van der Waals surface area contributed by atoms with E-state index in [1.807, 2.05) is 60.5 Å². The maximum Gasteiger partial charge on any atom is 0.238 e. The largest absolute Gasteiger partial charge is 0.492 e. The van der Waals surface area contributed by atoms with E-state index in [0.717, 1.165) is 17.9 Å². The molecule has 0 saturated carbocycles. The third-order valence-electron chi connectivity index (χ3n) is 3.52. The third kappa shape index (κ3) is 6.12. The summed E-state index contributed by atoms with van der Waals surface area (Å²) in [5.41, 5.74) is 2.07. The molecule has 23 heavy (non-hydrogen) atoms. The highest BCUT2D eigenvalue weighted by atomic mass is 16.5. The minimum atomic E-state index is -0.0135. The number of nitrogens with one attached hydrogen (secondary N) is 1. The van der Waals surface area contributed by atoms with Crippen LogP contribution in [0.3, 0.4) is 0 Å². The van der Waals surface area contributed by atoms with Crippen molar-refractivity contribution < 1.29 is 9.53 Å². The van der Waals surface area contributed by atoms with E-state index in [1.165, 1.54) is 5.56 Å². The highest BCUT2D eigenvalue weighted by Crippen LogP contribution is 2.11. The van der Waals surface area contributed by atoms with Gasteiger partial charge in [0.25, 0.3) is 0 Å². The van der Waals surface area contributed by atoms with Crippen molar-refractivity contribution >= 4 is 11.6 Å². The normalized spacial score (nSPS) is 10.6. The van der Waals surface area contributed by atoms with Crippen molar-refractivity contribution in [1.29, 1.82) is 0 Å². The van der Waals surface area contributed by atoms with Crippen LogP contribution in [0.25, 0.3) is 0 Å². The van der Waals surface area contributed by atoms with Crippen LogP contribution in [0.15, 0.2) is 54.6 Å². The molecule has 0 fully saturated rings. The molecular weight excluding hydrogens is 288 g/mol. The number of rotatable bonds is 8. The fraction of sp³-hybridized carbons (Fsp3) is 0.316. The molecule has 0 aliphatic carbocycles. The van der Waals surface area contributed by atoms with Crippen LogP contribution in [-0.2, 0) is 11.2 Å². The van der Waals surface area contributed by atoms with E-state index in [9.17, 15) is 4.79 Å². The second-order valence-corrected chi connectivity index (χ2v) is 5.50. The molecule has 2 aromatic rings. The number of para-hydroxylation sites is 1. The summed E-state index contributed by atoms with van der Waals surface area (Å²) in [5, 5.41) is 2.93. The molecule has 0 aromatic heterocycles. The summed E-state index contributed by atoms with van der Waals surface area (Å²) < 4.78 is 5.63. The van der Waals surface area contributed by atoms with Gasteiger partial charge in [0, 0.05) is 12.2 Å². The van der Waals surface area contributed by atoms with Gasteiger partial charge in [-0.1, -0.05) is 37.3 Å². The number of amides is 1. The van der Waals surface area contributed by atoms with Crippen molar-refractivity contribution in [3.05, 3.63) is 60.2 Å². The standard InChI is InChI=1S/C19H24N2O2/c1-3-16-8-7-9-17(14-16)20-19(22)15-21(2)12-13-23-18-10-5-4-6-11-18/h4-11,14H,3,12-13,15H2,1-2H3,(H,20,22). The minimum absolute atomic E-state index is 0.0135. The SMILES string of the molecule is CCc1cccc(NC(=O)CN(C)CCOc2ccccc2)c1. The molecule has 4 nitrogen and oxygen atoms in total. The molecule has 0 heterocycles. The monoisotopic (exact) mass is 312 g/mol. The van der Waals surface area contributed by atoms with Crippen LogP contribution >= 0.6 is 0 Å². The van der Waals surface area contributed by atoms with Gasteiger partial charge in [-0.05, 0) is 43.3 Å². The molecule has 0 radical (unpaired) electrons. The van der Waals surface area contributed by atoms with Gasteiger partial charge >= 0.3 is 0 Å². The first kappa shape index (κ1) is 17.0. The predicted molar refractivity (Wildman–Crippen MR) is 93.9 cm³/mol. The first-order valence-corrected chi connectivity index (χ1v) is 7.92. The molecule has 0 aliphatic rings. The van der Waals surface area contributed by atoms with Crippen LogP contribution in [0.4, 0.5) is 5.69 Å². The molecule has 122 valence electrons. The number of carbonyl (C=O) groups excluding carboxylic acids is 1. The molecule has 2 aromatic carbocycles. The van der Waals surface area contributed by atoms with Gasteiger partial charge in [-0.2, -0.15) is 0 Å². The molecule has 0 aliphatic heterocycles.